The second kappa shape index (κ2) is 8.45. The lowest BCUT2D eigenvalue weighted by Gasteiger charge is -2.33. The number of hydrogen-bond donors (Lipinski definition) is 3. The molecular weight excluding hydrogens is 432 g/mol. The zero-order valence-electron chi connectivity index (χ0n) is 16.8. The Kier molecular flexibility index (Phi) is 5.68. The predicted molar refractivity (Wildman–Crippen MR) is 117 cm³/mol. The lowest BCUT2D eigenvalue weighted by Crippen LogP contribution is -2.44. The first-order chi connectivity index (χ1) is 15.3. The Morgan fingerprint density at radius 1 is 0.969 bits per heavy atom. The van der Waals surface area contributed by atoms with Crippen molar-refractivity contribution in [1.82, 2.24) is 9.29 Å². The Bertz CT molecular complexity index is 1290. The Morgan fingerprint density at radius 3 is 2.34 bits per heavy atom. The maximum Gasteiger partial charge on any atom is 0.247 e. The number of benzene rings is 2. The zero-order chi connectivity index (χ0) is 22.9. The molecule has 8 nitrogen and oxygen atoms in total. The molecule has 0 spiro atoms. The van der Waals surface area contributed by atoms with Gasteiger partial charge in [0, 0.05) is 30.9 Å². The van der Waals surface area contributed by atoms with E-state index in [4.69, 9.17) is 0 Å². The van der Waals surface area contributed by atoms with Crippen LogP contribution >= 0.6 is 0 Å². The number of hydrogen-bond acceptors (Lipinski definition) is 7. The molecule has 32 heavy (non-hydrogen) atoms. The van der Waals surface area contributed by atoms with Crippen LogP contribution in [0.4, 0.5) is 0 Å². The predicted octanol–water partition coefficient (Wildman–Crippen LogP) is 2.64. The molecule has 1 unspecified atom stereocenters. The summed E-state index contributed by atoms with van der Waals surface area (Å²) in [4.78, 5) is 17.1. The Hall–Kier alpha value is -3.69. The van der Waals surface area contributed by atoms with Gasteiger partial charge in [-0.1, -0.05) is 18.2 Å². The van der Waals surface area contributed by atoms with Crippen molar-refractivity contribution in [3.63, 3.8) is 0 Å². The van der Waals surface area contributed by atoms with Gasteiger partial charge >= 0.3 is 0 Å². The number of Topliss-reactive ketones (excluding diaryl/α,β-unsaturated/α-hetero) is 1. The van der Waals surface area contributed by atoms with Crippen LogP contribution in [0.1, 0.15) is 17.2 Å². The number of piperidine rings is 1. The van der Waals surface area contributed by atoms with E-state index in [0.29, 0.717) is 11.3 Å². The van der Waals surface area contributed by atoms with Crippen molar-refractivity contribution in [3.05, 3.63) is 83.7 Å². The monoisotopic (exact) mass is 452 g/mol. The lowest BCUT2D eigenvalue weighted by atomic mass is 9.87. The second-order valence-electron chi connectivity index (χ2n) is 7.38. The smallest absolute Gasteiger partial charge is 0.247 e. The third kappa shape index (κ3) is 4.20. The van der Waals surface area contributed by atoms with Crippen molar-refractivity contribution < 1.29 is 28.5 Å². The summed E-state index contributed by atoms with van der Waals surface area (Å²) in [5, 5.41) is 29.2. The molecule has 2 heterocycles. The minimum Gasteiger partial charge on any atom is -0.508 e. The lowest BCUT2D eigenvalue weighted by molar-refractivity contribution is -0.118. The quantitative estimate of drug-likeness (QED) is 0.519. The number of rotatable bonds is 4. The van der Waals surface area contributed by atoms with Crippen molar-refractivity contribution in [2.75, 3.05) is 13.1 Å². The number of carbonyl (C=O) groups is 1. The van der Waals surface area contributed by atoms with Gasteiger partial charge in [0.25, 0.3) is 0 Å². The summed E-state index contributed by atoms with van der Waals surface area (Å²) < 4.78 is 27.8. The van der Waals surface area contributed by atoms with Gasteiger partial charge in [0.1, 0.15) is 22.1 Å². The van der Waals surface area contributed by atoms with Gasteiger partial charge in [-0.3, -0.25) is 9.78 Å². The van der Waals surface area contributed by atoms with Gasteiger partial charge in [-0.25, -0.2) is 8.42 Å². The van der Waals surface area contributed by atoms with Crippen LogP contribution in [0.3, 0.4) is 0 Å². The molecular formula is C23H20N2O6S. The van der Waals surface area contributed by atoms with E-state index in [1.54, 1.807) is 42.6 Å². The van der Waals surface area contributed by atoms with Crippen LogP contribution in [-0.4, -0.2) is 51.9 Å². The number of nitrogens with zero attached hydrogens (tertiary/aromatic N) is 2. The molecule has 4 rings (SSSR count). The summed E-state index contributed by atoms with van der Waals surface area (Å²) in [6.45, 7) is -0.349. The van der Waals surface area contributed by atoms with E-state index < -0.39 is 21.7 Å². The summed E-state index contributed by atoms with van der Waals surface area (Å²) in [5.74, 6) is -1.89. The maximum absolute atomic E-state index is 13.3. The normalized spacial score (nSPS) is 18.7. The molecule has 0 saturated carbocycles. The topological polar surface area (TPSA) is 128 Å². The molecule has 0 radical (unpaired) electrons. The average molecular weight is 452 g/mol. The van der Waals surface area contributed by atoms with Crippen LogP contribution < -0.4 is 0 Å². The molecule has 1 fully saturated rings. The van der Waals surface area contributed by atoms with Crippen molar-refractivity contribution in [3.8, 4) is 17.2 Å². The average Bonchev–Trinajstić information content (AvgIpc) is 2.76. The standard InChI is InChI=1S/C23H20N2O6S/c26-18-6-4-15(5-7-18)20-14-25(32(30,31)22-9-8-19(27)12-21(22)28)13-16(23(20)29)11-17-3-1-2-10-24-17/h1-12,20,26-28H,13-14H2. The van der Waals surface area contributed by atoms with E-state index >= 15 is 0 Å². The largest absolute Gasteiger partial charge is 0.508 e. The van der Waals surface area contributed by atoms with E-state index in [9.17, 15) is 28.5 Å². The number of sulfonamides is 1. The first-order valence-electron chi connectivity index (χ1n) is 9.72. The number of pyridine rings is 1. The van der Waals surface area contributed by atoms with Gasteiger partial charge in [-0.2, -0.15) is 4.31 Å². The summed E-state index contributed by atoms with van der Waals surface area (Å²) >= 11 is 0. The van der Waals surface area contributed by atoms with Crippen molar-refractivity contribution in [2.24, 2.45) is 0 Å². The van der Waals surface area contributed by atoms with Gasteiger partial charge < -0.3 is 15.3 Å². The summed E-state index contributed by atoms with van der Waals surface area (Å²) in [6, 6.07) is 14.4. The van der Waals surface area contributed by atoms with Crippen LogP contribution in [0.2, 0.25) is 0 Å². The highest BCUT2D eigenvalue weighted by atomic mass is 32.2. The van der Waals surface area contributed by atoms with E-state index in [-0.39, 0.29) is 40.8 Å². The Morgan fingerprint density at radius 2 is 1.69 bits per heavy atom. The minimum atomic E-state index is -4.20. The first kappa shape index (κ1) is 21.5. The highest BCUT2D eigenvalue weighted by molar-refractivity contribution is 7.89. The first-order valence-corrected chi connectivity index (χ1v) is 11.2. The number of carbonyl (C=O) groups excluding carboxylic acids is 1. The fourth-order valence-electron chi connectivity index (χ4n) is 3.61. The van der Waals surface area contributed by atoms with Gasteiger partial charge in [0.05, 0.1) is 11.6 Å². The van der Waals surface area contributed by atoms with Crippen LogP contribution in [0.5, 0.6) is 17.2 Å². The number of phenols is 3. The third-order valence-corrected chi connectivity index (χ3v) is 7.09. The Labute approximate surface area is 184 Å². The number of aromatic hydroxyl groups is 3. The van der Waals surface area contributed by atoms with Crippen molar-refractivity contribution in [1.29, 1.82) is 0 Å². The highest BCUT2D eigenvalue weighted by Crippen LogP contribution is 2.35. The zero-order valence-corrected chi connectivity index (χ0v) is 17.6. The van der Waals surface area contributed by atoms with Crippen LogP contribution in [-0.2, 0) is 14.8 Å². The molecule has 3 N–H and O–H groups in total. The molecule has 0 amide bonds. The van der Waals surface area contributed by atoms with E-state index in [0.717, 1.165) is 16.4 Å². The molecule has 1 aliphatic rings. The molecule has 3 aromatic rings. The van der Waals surface area contributed by atoms with E-state index in [2.05, 4.69) is 4.98 Å². The fraction of sp³-hybridized carbons (Fsp3) is 0.130. The molecule has 1 aliphatic heterocycles. The molecule has 1 aromatic heterocycles. The molecule has 1 saturated heterocycles. The highest BCUT2D eigenvalue weighted by Gasteiger charge is 2.39. The second-order valence-corrected chi connectivity index (χ2v) is 9.29. The number of phenolic OH excluding ortho intramolecular Hbond substituents is 3. The third-order valence-electron chi connectivity index (χ3n) is 5.23. The van der Waals surface area contributed by atoms with Gasteiger partial charge in [0.2, 0.25) is 10.0 Å². The number of aromatic nitrogens is 1. The van der Waals surface area contributed by atoms with E-state index in [1.165, 1.54) is 18.2 Å². The van der Waals surface area contributed by atoms with Crippen molar-refractivity contribution in [2.45, 2.75) is 10.8 Å². The minimum absolute atomic E-state index is 0.0275. The molecule has 0 aliphatic carbocycles. The Balaban J connectivity index is 1.79. The van der Waals surface area contributed by atoms with Gasteiger partial charge in [-0.15, -0.1) is 0 Å². The van der Waals surface area contributed by atoms with E-state index in [1.807, 2.05) is 0 Å². The summed E-state index contributed by atoms with van der Waals surface area (Å²) in [5.41, 5.74) is 1.30. The molecule has 2 aromatic carbocycles. The van der Waals surface area contributed by atoms with Crippen molar-refractivity contribution >= 4 is 21.9 Å². The van der Waals surface area contributed by atoms with Crippen LogP contribution in [0.25, 0.3) is 6.08 Å². The van der Waals surface area contributed by atoms with Crippen LogP contribution in [0.15, 0.2) is 77.3 Å². The molecule has 164 valence electrons. The summed E-state index contributed by atoms with van der Waals surface area (Å²) in [7, 11) is -4.20. The molecule has 0 bridgehead atoms. The molecule has 9 heteroatoms. The van der Waals surface area contributed by atoms with Gasteiger partial charge in [0.15, 0.2) is 5.78 Å². The fourth-order valence-corrected chi connectivity index (χ4v) is 5.10. The van der Waals surface area contributed by atoms with Gasteiger partial charge in [-0.05, 0) is 48.0 Å². The number of ketones is 1. The van der Waals surface area contributed by atoms with Crippen LogP contribution in [0, 0.1) is 0 Å². The maximum atomic E-state index is 13.3. The molecule has 1 atom stereocenters. The SMILES string of the molecule is O=C1C(=Cc2ccccn2)CN(S(=O)(=O)c2ccc(O)cc2O)CC1c1ccc(O)cc1. The summed E-state index contributed by atoms with van der Waals surface area (Å²) in [6.07, 6.45) is 3.12.